The summed E-state index contributed by atoms with van der Waals surface area (Å²) in [7, 11) is 0. The lowest BCUT2D eigenvalue weighted by atomic mass is 10.1. The maximum Gasteiger partial charge on any atom is 0.326 e. The predicted octanol–water partition coefficient (Wildman–Crippen LogP) is 2.13. The second-order valence-electron chi connectivity index (χ2n) is 5.06. The predicted molar refractivity (Wildman–Crippen MR) is 77.8 cm³/mol. The van der Waals surface area contributed by atoms with Gasteiger partial charge in [0.15, 0.2) is 0 Å². The van der Waals surface area contributed by atoms with Gasteiger partial charge in [-0.05, 0) is 33.1 Å². The van der Waals surface area contributed by atoms with Gasteiger partial charge in [-0.1, -0.05) is 19.8 Å². The van der Waals surface area contributed by atoms with Gasteiger partial charge in [-0.25, -0.2) is 9.59 Å². The van der Waals surface area contributed by atoms with Gasteiger partial charge in [0.1, 0.15) is 6.04 Å². The van der Waals surface area contributed by atoms with Gasteiger partial charge in [-0.2, -0.15) is 0 Å². The summed E-state index contributed by atoms with van der Waals surface area (Å²) in [5, 5.41) is 14.1. The molecule has 0 aliphatic carbocycles. The zero-order chi connectivity index (χ0) is 15.4. The molecule has 0 aromatic heterocycles. The summed E-state index contributed by atoms with van der Waals surface area (Å²) in [5.74, 6) is -0.987. The summed E-state index contributed by atoms with van der Waals surface area (Å²) in [5.41, 5.74) is 0. The summed E-state index contributed by atoms with van der Waals surface area (Å²) in [6.07, 6.45) is 4.05. The van der Waals surface area contributed by atoms with E-state index in [1.165, 1.54) is 0 Å². The molecular formula is C14H28N2O4. The van der Waals surface area contributed by atoms with Crippen molar-refractivity contribution in [3.05, 3.63) is 0 Å². The molecule has 0 spiro atoms. The molecule has 2 amide bonds. The number of carboxylic acid groups (broad SMARTS) is 1. The van der Waals surface area contributed by atoms with Crippen LogP contribution in [0.4, 0.5) is 4.79 Å². The smallest absolute Gasteiger partial charge is 0.326 e. The highest BCUT2D eigenvalue weighted by atomic mass is 16.5. The number of hydrogen-bond acceptors (Lipinski definition) is 3. The van der Waals surface area contributed by atoms with E-state index in [0.29, 0.717) is 19.6 Å². The van der Waals surface area contributed by atoms with Crippen LogP contribution in [0.2, 0.25) is 0 Å². The Kier molecular flexibility index (Phi) is 10.8. The van der Waals surface area contributed by atoms with E-state index in [9.17, 15) is 9.59 Å². The summed E-state index contributed by atoms with van der Waals surface area (Å²) in [6, 6.07) is -1.22. The lowest BCUT2D eigenvalue weighted by Gasteiger charge is -2.14. The minimum Gasteiger partial charge on any atom is -0.480 e. The largest absolute Gasteiger partial charge is 0.480 e. The number of urea groups is 1. The van der Waals surface area contributed by atoms with Crippen LogP contribution in [-0.2, 0) is 9.53 Å². The van der Waals surface area contributed by atoms with Gasteiger partial charge < -0.3 is 20.5 Å². The van der Waals surface area contributed by atoms with E-state index in [4.69, 9.17) is 9.84 Å². The van der Waals surface area contributed by atoms with Crippen LogP contribution in [0, 0.1) is 0 Å². The van der Waals surface area contributed by atoms with Crippen LogP contribution in [0.3, 0.4) is 0 Å². The van der Waals surface area contributed by atoms with Crippen molar-refractivity contribution in [2.75, 3.05) is 13.2 Å². The SMILES string of the molecule is CCCC[C@H](NC(=O)NCCCCOC(C)C)C(=O)O. The number of carboxylic acids is 1. The Morgan fingerprint density at radius 2 is 1.90 bits per heavy atom. The number of aliphatic carboxylic acids is 1. The van der Waals surface area contributed by atoms with E-state index in [-0.39, 0.29) is 6.10 Å². The first kappa shape index (κ1) is 18.7. The second kappa shape index (κ2) is 11.5. The molecule has 0 saturated carbocycles. The molecule has 0 radical (unpaired) electrons. The van der Waals surface area contributed by atoms with E-state index < -0.39 is 18.0 Å². The van der Waals surface area contributed by atoms with Gasteiger partial charge in [-0.15, -0.1) is 0 Å². The zero-order valence-corrected chi connectivity index (χ0v) is 12.8. The highest BCUT2D eigenvalue weighted by Crippen LogP contribution is 2.00. The highest BCUT2D eigenvalue weighted by Gasteiger charge is 2.18. The third-order valence-electron chi connectivity index (χ3n) is 2.76. The third-order valence-corrected chi connectivity index (χ3v) is 2.76. The molecule has 6 nitrogen and oxygen atoms in total. The van der Waals surface area contributed by atoms with Gasteiger partial charge in [-0.3, -0.25) is 0 Å². The average molecular weight is 288 g/mol. The molecule has 0 saturated heterocycles. The number of hydrogen-bond donors (Lipinski definition) is 3. The van der Waals surface area contributed by atoms with Crippen LogP contribution in [0.1, 0.15) is 52.9 Å². The van der Waals surface area contributed by atoms with Crippen molar-refractivity contribution < 1.29 is 19.4 Å². The molecule has 3 N–H and O–H groups in total. The fourth-order valence-corrected chi connectivity index (χ4v) is 1.62. The standard InChI is InChI=1S/C14H28N2O4/c1-4-5-8-12(13(17)18)16-14(19)15-9-6-7-10-20-11(2)3/h11-12H,4-10H2,1-3H3,(H,17,18)(H2,15,16,19)/t12-/m0/s1. The topological polar surface area (TPSA) is 87.7 Å². The number of carbonyl (C=O) groups is 2. The molecule has 118 valence electrons. The van der Waals surface area contributed by atoms with Crippen LogP contribution < -0.4 is 10.6 Å². The Bertz CT molecular complexity index is 282. The van der Waals surface area contributed by atoms with Crippen molar-refractivity contribution >= 4 is 12.0 Å². The minimum absolute atomic E-state index is 0.223. The number of nitrogens with one attached hydrogen (secondary N) is 2. The summed E-state index contributed by atoms with van der Waals surface area (Å²) < 4.78 is 5.38. The van der Waals surface area contributed by atoms with Crippen LogP contribution in [0.25, 0.3) is 0 Å². The molecule has 0 rings (SSSR count). The maximum atomic E-state index is 11.5. The van der Waals surface area contributed by atoms with Crippen molar-refractivity contribution in [2.45, 2.75) is 65.0 Å². The molecule has 0 aliphatic heterocycles. The third kappa shape index (κ3) is 10.6. The van der Waals surface area contributed by atoms with Crippen LogP contribution >= 0.6 is 0 Å². The van der Waals surface area contributed by atoms with Gasteiger partial charge in [0, 0.05) is 13.2 Å². The van der Waals surface area contributed by atoms with Gasteiger partial charge in [0.05, 0.1) is 6.10 Å². The summed E-state index contributed by atoms with van der Waals surface area (Å²) in [4.78, 5) is 22.5. The van der Waals surface area contributed by atoms with Crippen molar-refractivity contribution in [1.29, 1.82) is 0 Å². The molecular weight excluding hydrogens is 260 g/mol. The average Bonchev–Trinajstić information content (AvgIpc) is 2.37. The molecule has 0 heterocycles. The second-order valence-corrected chi connectivity index (χ2v) is 5.06. The molecule has 0 fully saturated rings. The first-order chi connectivity index (χ1) is 9.47. The van der Waals surface area contributed by atoms with Gasteiger partial charge in [0.25, 0.3) is 0 Å². The van der Waals surface area contributed by atoms with Crippen LogP contribution in [0.5, 0.6) is 0 Å². The molecule has 0 aliphatic rings. The number of amides is 2. The Morgan fingerprint density at radius 1 is 1.20 bits per heavy atom. The Morgan fingerprint density at radius 3 is 2.45 bits per heavy atom. The Balaban J connectivity index is 3.71. The fraction of sp³-hybridized carbons (Fsp3) is 0.857. The molecule has 0 bridgehead atoms. The molecule has 20 heavy (non-hydrogen) atoms. The zero-order valence-electron chi connectivity index (χ0n) is 12.8. The normalized spacial score (nSPS) is 12.2. The van der Waals surface area contributed by atoms with E-state index in [2.05, 4.69) is 10.6 Å². The maximum absolute atomic E-state index is 11.5. The highest BCUT2D eigenvalue weighted by molar-refractivity contribution is 5.82. The number of unbranched alkanes of at least 4 members (excludes halogenated alkanes) is 2. The number of ether oxygens (including phenoxy) is 1. The first-order valence-corrected chi connectivity index (χ1v) is 7.36. The lowest BCUT2D eigenvalue weighted by Crippen LogP contribution is -2.46. The van der Waals surface area contributed by atoms with Crippen molar-refractivity contribution in [2.24, 2.45) is 0 Å². The molecule has 6 heteroatoms. The Labute approximate surface area is 121 Å². The number of rotatable bonds is 11. The quantitative estimate of drug-likeness (QED) is 0.508. The van der Waals surface area contributed by atoms with E-state index in [0.717, 1.165) is 25.7 Å². The van der Waals surface area contributed by atoms with Gasteiger partial charge >= 0.3 is 12.0 Å². The van der Waals surface area contributed by atoms with Crippen molar-refractivity contribution in [1.82, 2.24) is 10.6 Å². The fourth-order valence-electron chi connectivity index (χ4n) is 1.62. The molecule has 0 unspecified atom stereocenters. The van der Waals surface area contributed by atoms with E-state index >= 15 is 0 Å². The summed E-state index contributed by atoms with van der Waals surface area (Å²) in [6.45, 7) is 7.14. The van der Waals surface area contributed by atoms with Crippen molar-refractivity contribution in [3.8, 4) is 0 Å². The van der Waals surface area contributed by atoms with Crippen LogP contribution in [0.15, 0.2) is 0 Å². The number of carbonyl (C=O) groups excluding carboxylic acids is 1. The van der Waals surface area contributed by atoms with Gasteiger partial charge in [0.2, 0.25) is 0 Å². The first-order valence-electron chi connectivity index (χ1n) is 7.36. The molecule has 1 atom stereocenters. The van der Waals surface area contributed by atoms with E-state index in [1.807, 2.05) is 20.8 Å². The van der Waals surface area contributed by atoms with E-state index in [1.54, 1.807) is 0 Å². The molecule has 0 aromatic carbocycles. The van der Waals surface area contributed by atoms with Crippen LogP contribution in [-0.4, -0.2) is 42.4 Å². The minimum atomic E-state index is -0.987. The summed E-state index contributed by atoms with van der Waals surface area (Å²) >= 11 is 0. The monoisotopic (exact) mass is 288 g/mol. The lowest BCUT2D eigenvalue weighted by molar-refractivity contribution is -0.139. The van der Waals surface area contributed by atoms with Crippen molar-refractivity contribution in [3.63, 3.8) is 0 Å². The Hall–Kier alpha value is -1.30. The molecule has 0 aromatic rings.